The van der Waals surface area contributed by atoms with Gasteiger partial charge in [0.05, 0.1) is 12.7 Å². The first-order chi connectivity index (χ1) is 10.2. The monoisotopic (exact) mass is 304 g/mol. The lowest BCUT2D eigenvalue weighted by Crippen LogP contribution is -2.13. The van der Waals surface area contributed by atoms with E-state index in [1.807, 2.05) is 12.1 Å². The number of esters is 1. The number of ether oxygens (including phenoxy) is 1. The van der Waals surface area contributed by atoms with Crippen LogP contribution in [0.2, 0.25) is 0 Å². The predicted octanol–water partition coefficient (Wildman–Crippen LogP) is 1.95. The van der Waals surface area contributed by atoms with Gasteiger partial charge in [0.25, 0.3) is 0 Å². The number of carbonyl (C=O) groups is 1. The Balaban J connectivity index is 1.63. The summed E-state index contributed by atoms with van der Waals surface area (Å²) in [5.41, 5.74) is 1.63. The summed E-state index contributed by atoms with van der Waals surface area (Å²) in [7, 11) is 1.37. The van der Waals surface area contributed by atoms with Crippen LogP contribution in [-0.2, 0) is 10.5 Å². The van der Waals surface area contributed by atoms with Gasteiger partial charge in [-0.2, -0.15) is 0 Å². The maximum Gasteiger partial charge on any atom is 0.337 e. The first-order valence-electron chi connectivity index (χ1n) is 6.69. The number of methoxy groups -OCH3 is 1. The van der Waals surface area contributed by atoms with Crippen molar-refractivity contribution in [2.24, 2.45) is 0 Å². The number of thioether (sulfide) groups is 1. The Labute approximate surface area is 126 Å². The third-order valence-electron chi connectivity index (χ3n) is 3.38. The number of nitrogens with zero attached hydrogens (tertiary/aromatic N) is 3. The Morgan fingerprint density at radius 3 is 2.71 bits per heavy atom. The van der Waals surface area contributed by atoms with E-state index in [1.54, 1.807) is 16.8 Å². The fourth-order valence-corrected chi connectivity index (χ4v) is 2.83. The van der Waals surface area contributed by atoms with Gasteiger partial charge in [-0.1, -0.05) is 23.9 Å². The topological polar surface area (TPSA) is 83.0 Å². The number of carbonyl (C=O) groups excluding carboxylic acids is 1. The van der Waals surface area contributed by atoms with E-state index < -0.39 is 0 Å². The van der Waals surface area contributed by atoms with E-state index in [4.69, 9.17) is 5.84 Å². The Bertz CT molecular complexity index is 649. The minimum Gasteiger partial charge on any atom is -0.465 e. The molecule has 1 aliphatic carbocycles. The summed E-state index contributed by atoms with van der Waals surface area (Å²) >= 11 is 1.53. The van der Waals surface area contributed by atoms with Crippen molar-refractivity contribution in [3.05, 3.63) is 41.2 Å². The van der Waals surface area contributed by atoms with Gasteiger partial charge < -0.3 is 10.6 Å². The van der Waals surface area contributed by atoms with Gasteiger partial charge in [-0.25, -0.2) is 9.47 Å². The average molecular weight is 304 g/mol. The van der Waals surface area contributed by atoms with Crippen molar-refractivity contribution in [3.63, 3.8) is 0 Å². The summed E-state index contributed by atoms with van der Waals surface area (Å²) in [6, 6.07) is 7.31. The lowest BCUT2D eigenvalue weighted by Gasteiger charge is -2.04. The molecule has 1 aromatic carbocycles. The summed E-state index contributed by atoms with van der Waals surface area (Å²) in [5.74, 6) is 7.75. The van der Waals surface area contributed by atoms with Gasteiger partial charge in [-0.3, -0.25) is 0 Å². The van der Waals surface area contributed by atoms with Gasteiger partial charge >= 0.3 is 5.97 Å². The van der Waals surface area contributed by atoms with Crippen molar-refractivity contribution in [3.8, 4) is 0 Å². The summed E-state index contributed by atoms with van der Waals surface area (Å²) < 4.78 is 6.26. The molecule has 0 saturated heterocycles. The molecule has 21 heavy (non-hydrogen) atoms. The van der Waals surface area contributed by atoms with Crippen molar-refractivity contribution >= 4 is 17.7 Å². The first-order valence-corrected chi connectivity index (χ1v) is 7.68. The van der Waals surface area contributed by atoms with Crippen LogP contribution in [0.15, 0.2) is 29.4 Å². The second-order valence-corrected chi connectivity index (χ2v) is 5.90. The number of hydrogen-bond acceptors (Lipinski definition) is 6. The quantitative estimate of drug-likeness (QED) is 0.516. The molecule has 0 radical (unpaired) electrons. The standard InChI is InChI=1S/C14H16N4O2S/c1-20-13(19)11-4-2-9(3-5-11)8-21-14-17-16-12(18(14)15)10-6-7-10/h2-5,10H,6-8,15H2,1H3. The molecule has 0 spiro atoms. The van der Waals surface area contributed by atoms with E-state index in [0.717, 1.165) is 30.0 Å². The normalized spacial score (nSPS) is 14.1. The second-order valence-electron chi connectivity index (χ2n) is 4.96. The van der Waals surface area contributed by atoms with Crippen LogP contribution >= 0.6 is 11.8 Å². The highest BCUT2D eigenvalue weighted by atomic mass is 32.2. The molecule has 1 saturated carbocycles. The molecule has 1 heterocycles. The molecule has 1 aromatic heterocycles. The number of nitrogen functional groups attached to an aromatic ring is 1. The van der Waals surface area contributed by atoms with Gasteiger partial charge in [0, 0.05) is 11.7 Å². The Morgan fingerprint density at radius 1 is 1.38 bits per heavy atom. The summed E-state index contributed by atoms with van der Waals surface area (Å²) in [6.07, 6.45) is 2.30. The third-order valence-corrected chi connectivity index (χ3v) is 4.39. The minimum atomic E-state index is -0.329. The molecular weight excluding hydrogens is 288 g/mol. The van der Waals surface area contributed by atoms with Crippen molar-refractivity contribution < 1.29 is 9.53 Å². The zero-order chi connectivity index (χ0) is 14.8. The van der Waals surface area contributed by atoms with Crippen molar-refractivity contribution in [1.82, 2.24) is 14.9 Å². The van der Waals surface area contributed by atoms with Crippen LogP contribution in [0.5, 0.6) is 0 Å². The van der Waals surface area contributed by atoms with E-state index in [0.29, 0.717) is 16.6 Å². The highest BCUT2D eigenvalue weighted by Crippen LogP contribution is 2.39. The van der Waals surface area contributed by atoms with Crippen LogP contribution in [0.4, 0.5) is 0 Å². The summed E-state index contributed by atoms with van der Waals surface area (Å²) in [5, 5.41) is 8.99. The largest absolute Gasteiger partial charge is 0.465 e. The van der Waals surface area contributed by atoms with Crippen LogP contribution in [0.3, 0.4) is 0 Å². The van der Waals surface area contributed by atoms with Gasteiger partial charge in [0.1, 0.15) is 0 Å². The number of nitrogens with two attached hydrogens (primary N) is 1. The average Bonchev–Trinajstić information content (AvgIpc) is 3.29. The van der Waals surface area contributed by atoms with E-state index in [-0.39, 0.29) is 5.97 Å². The first kappa shape index (κ1) is 13.9. The van der Waals surface area contributed by atoms with E-state index in [2.05, 4.69) is 14.9 Å². The molecule has 110 valence electrons. The van der Waals surface area contributed by atoms with Crippen molar-refractivity contribution in [1.29, 1.82) is 0 Å². The second kappa shape index (κ2) is 5.77. The SMILES string of the molecule is COC(=O)c1ccc(CSc2nnc(C3CC3)n2N)cc1. The van der Waals surface area contributed by atoms with Crippen molar-refractivity contribution in [2.75, 3.05) is 13.0 Å². The van der Waals surface area contributed by atoms with Gasteiger partial charge in [0.15, 0.2) is 5.82 Å². The molecule has 7 heteroatoms. The fraction of sp³-hybridized carbons (Fsp3) is 0.357. The molecule has 0 aliphatic heterocycles. The smallest absolute Gasteiger partial charge is 0.337 e. The lowest BCUT2D eigenvalue weighted by atomic mass is 10.1. The van der Waals surface area contributed by atoms with Gasteiger partial charge in [-0.15, -0.1) is 10.2 Å². The van der Waals surface area contributed by atoms with Crippen LogP contribution in [0, 0.1) is 0 Å². The Morgan fingerprint density at radius 2 is 2.10 bits per heavy atom. The molecule has 0 amide bonds. The molecule has 3 rings (SSSR count). The Kier molecular flexibility index (Phi) is 3.83. The number of rotatable bonds is 5. The molecule has 6 nitrogen and oxygen atoms in total. The maximum absolute atomic E-state index is 11.4. The van der Waals surface area contributed by atoms with Gasteiger partial charge in [-0.05, 0) is 30.5 Å². The number of benzene rings is 1. The van der Waals surface area contributed by atoms with E-state index in [1.165, 1.54) is 18.9 Å². The molecular formula is C14H16N4O2S. The van der Waals surface area contributed by atoms with Crippen LogP contribution in [0.1, 0.15) is 40.5 Å². The molecule has 0 bridgehead atoms. The zero-order valence-electron chi connectivity index (χ0n) is 11.7. The number of aromatic nitrogens is 3. The third kappa shape index (κ3) is 3.02. The predicted molar refractivity (Wildman–Crippen MR) is 79.5 cm³/mol. The maximum atomic E-state index is 11.4. The molecule has 2 N–H and O–H groups in total. The fourth-order valence-electron chi connectivity index (χ4n) is 2.01. The van der Waals surface area contributed by atoms with Crippen LogP contribution < -0.4 is 5.84 Å². The lowest BCUT2D eigenvalue weighted by molar-refractivity contribution is 0.0600. The van der Waals surface area contributed by atoms with Crippen molar-refractivity contribution in [2.45, 2.75) is 29.7 Å². The molecule has 1 aliphatic rings. The Hall–Kier alpha value is -2.02. The highest BCUT2D eigenvalue weighted by molar-refractivity contribution is 7.98. The summed E-state index contributed by atoms with van der Waals surface area (Å²) in [6.45, 7) is 0. The zero-order valence-corrected chi connectivity index (χ0v) is 12.5. The summed E-state index contributed by atoms with van der Waals surface area (Å²) in [4.78, 5) is 11.4. The van der Waals surface area contributed by atoms with Crippen LogP contribution in [0.25, 0.3) is 0 Å². The van der Waals surface area contributed by atoms with Crippen LogP contribution in [-0.4, -0.2) is 28.0 Å². The van der Waals surface area contributed by atoms with Gasteiger partial charge in [0.2, 0.25) is 5.16 Å². The number of hydrogen-bond donors (Lipinski definition) is 1. The highest BCUT2D eigenvalue weighted by Gasteiger charge is 2.29. The molecule has 2 aromatic rings. The van der Waals surface area contributed by atoms with E-state index >= 15 is 0 Å². The van der Waals surface area contributed by atoms with E-state index in [9.17, 15) is 4.79 Å². The molecule has 0 unspecified atom stereocenters. The molecule has 1 fully saturated rings. The molecule has 0 atom stereocenters. The minimum absolute atomic E-state index is 0.329.